The Balaban J connectivity index is 0.000000145. The first-order chi connectivity index (χ1) is 62.6. The maximum atomic E-state index is 13.0. The maximum absolute atomic E-state index is 13.0. The molecular formula is C87H124Cl3N5O24S15. The topological polar surface area (TPSA) is 426 Å². The lowest BCUT2D eigenvalue weighted by Gasteiger charge is -2.40. The van der Waals surface area contributed by atoms with Crippen LogP contribution in [-0.2, 0) is 118 Å². The fourth-order valence-electron chi connectivity index (χ4n) is 20.5. The summed E-state index contributed by atoms with van der Waals surface area (Å²) in [6, 6.07) is 25.5. The molecule has 47 heteroatoms. The summed E-state index contributed by atoms with van der Waals surface area (Å²) >= 11 is 20.9. The summed E-state index contributed by atoms with van der Waals surface area (Å²) in [6.07, 6.45) is 13.8. The summed E-state index contributed by atoms with van der Waals surface area (Å²) < 4.78 is 300. The lowest BCUT2D eigenvalue weighted by Crippen LogP contribution is -2.51. The van der Waals surface area contributed by atoms with Gasteiger partial charge in [-0.2, -0.15) is 0 Å². The van der Waals surface area contributed by atoms with Crippen LogP contribution in [0.25, 0.3) is 0 Å². The SMILES string of the molecule is CC(C)CCC[C@H]1CS(=O)(=O)C[C@@H]1S(=O)(=O)c1ccc(Cl)cc1.CC1CCN([C@H]2CS(=O)(=O)C[C@@H]2S(=O)(=O)c2cccs2)CC1.C[C@@H]1C[C@H](C)CN([C@H]2CS(=O)(=O)C[C@@H]2S(=O)(=O)c2cccs2)C1.O=S1(=O)C[C@H](N2CCCC2)[C@@H](S(=O)(=O)c2ccc(Cl)cc2)C1.O=S1(=O)C[C@H](N2CCCCC2)[C@@H](S(=O)(=O)c2ccc(Cl)cc2)C1.O=S1(=O)C[C@H](N2CCCCC2)[C@@H](S(=O)(=O)c2cccs2)C1. The molecule has 0 saturated carbocycles. The number of rotatable bonds is 21. The molecule has 0 amide bonds. The van der Waals surface area contributed by atoms with E-state index in [2.05, 4.69) is 49.3 Å². The van der Waals surface area contributed by atoms with Crippen molar-refractivity contribution >= 4 is 187 Å². The Hall–Kier alpha value is -3.17. The Morgan fingerprint density at radius 3 is 0.851 bits per heavy atom. The van der Waals surface area contributed by atoms with Crippen LogP contribution in [0.4, 0.5) is 0 Å². The molecule has 0 unspecified atom stereocenters. The first-order valence-corrected chi connectivity index (χ1v) is 69.3. The molecule has 11 aliphatic rings. The van der Waals surface area contributed by atoms with Crippen LogP contribution in [0.2, 0.25) is 15.1 Å². The molecule has 0 aliphatic carbocycles. The molecule has 11 saturated heterocycles. The second-order valence-electron chi connectivity index (χ2n) is 38.1. The molecule has 14 heterocycles. The Bertz CT molecular complexity index is 6430. The normalized spacial score (nSPS) is 29.7. The molecule has 0 N–H and O–H groups in total. The average molecular weight is 2210 g/mol. The van der Waals surface area contributed by atoms with E-state index < -0.39 is 174 Å². The zero-order valence-corrected chi connectivity index (χ0v) is 90.1. The van der Waals surface area contributed by atoms with Crippen molar-refractivity contribution in [3.05, 3.63) is 140 Å². The van der Waals surface area contributed by atoms with Crippen LogP contribution in [-0.4, -0.2) is 322 Å². The average Bonchev–Trinajstić information content (AvgIpc) is 1.63. The molecule has 752 valence electrons. The Labute approximate surface area is 822 Å². The number of benzene rings is 3. The van der Waals surface area contributed by atoms with Crippen molar-refractivity contribution in [2.24, 2.45) is 29.6 Å². The van der Waals surface area contributed by atoms with Crippen LogP contribution in [0.1, 0.15) is 125 Å². The highest BCUT2D eigenvalue weighted by Crippen LogP contribution is 2.41. The highest BCUT2D eigenvalue weighted by molar-refractivity contribution is 8.00. The van der Waals surface area contributed by atoms with Crippen LogP contribution < -0.4 is 0 Å². The number of thiophene rings is 3. The summed E-state index contributed by atoms with van der Waals surface area (Å²) in [6.45, 7) is 18.5. The third-order valence-electron chi connectivity index (χ3n) is 27.3. The highest BCUT2D eigenvalue weighted by atomic mass is 35.5. The number of piperidine rings is 4. The molecule has 17 rings (SSSR count). The van der Waals surface area contributed by atoms with E-state index in [9.17, 15) is 101 Å². The van der Waals surface area contributed by atoms with Crippen molar-refractivity contribution in [1.82, 2.24) is 24.5 Å². The van der Waals surface area contributed by atoms with Gasteiger partial charge in [-0.3, -0.25) is 24.5 Å². The van der Waals surface area contributed by atoms with Crippen molar-refractivity contribution in [3.8, 4) is 0 Å². The van der Waals surface area contributed by atoms with E-state index in [1.54, 1.807) is 52.5 Å². The third kappa shape index (κ3) is 27.9. The molecular weight excluding hydrogens is 2090 g/mol. The second-order valence-corrected chi connectivity index (χ2v) is 68.9. The van der Waals surface area contributed by atoms with Crippen LogP contribution in [0, 0.1) is 29.6 Å². The van der Waals surface area contributed by atoms with E-state index in [1.807, 2.05) is 9.80 Å². The molecule has 3 aromatic heterocycles. The maximum Gasteiger partial charge on any atom is 0.193 e. The van der Waals surface area contributed by atoms with Crippen LogP contribution in [0.5, 0.6) is 0 Å². The Morgan fingerprint density at radius 1 is 0.313 bits per heavy atom. The van der Waals surface area contributed by atoms with E-state index in [4.69, 9.17) is 34.8 Å². The monoisotopic (exact) mass is 2210 g/mol. The smallest absolute Gasteiger partial charge is 0.193 e. The van der Waals surface area contributed by atoms with E-state index >= 15 is 0 Å². The van der Waals surface area contributed by atoms with Crippen molar-refractivity contribution in [1.29, 1.82) is 0 Å². The largest absolute Gasteiger partial charge is 0.298 e. The number of hydrogen-bond donors (Lipinski definition) is 0. The van der Waals surface area contributed by atoms with Gasteiger partial charge in [-0.15, -0.1) is 34.0 Å². The quantitative estimate of drug-likeness (QED) is 0.0646. The lowest BCUT2D eigenvalue weighted by atomic mass is 9.91. The minimum atomic E-state index is -3.70. The zero-order chi connectivity index (χ0) is 97.7. The fraction of sp³-hybridized carbons (Fsp3) is 0.655. The first-order valence-electron chi connectivity index (χ1n) is 45.3. The van der Waals surface area contributed by atoms with E-state index in [1.165, 1.54) is 84.1 Å². The molecule has 134 heavy (non-hydrogen) atoms. The van der Waals surface area contributed by atoms with Gasteiger partial charge in [0.2, 0.25) is 0 Å². The number of hydrogen-bond acceptors (Lipinski definition) is 32. The van der Waals surface area contributed by atoms with Gasteiger partial charge < -0.3 is 0 Å². The van der Waals surface area contributed by atoms with Gasteiger partial charge in [-0.1, -0.05) is 113 Å². The first kappa shape index (κ1) is 110. The van der Waals surface area contributed by atoms with Crippen molar-refractivity contribution in [3.63, 3.8) is 0 Å². The summed E-state index contributed by atoms with van der Waals surface area (Å²) in [7, 11) is -41.7. The lowest BCUT2D eigenvalue weighted by molar-refractivity contribution is 0.107. The number of halogens is 3. The fourth-order valence-corrected chi connectivity index (χ4v) is 53.7. The predicted octanol–water partition coefficient (Wildman–Crippen LogP) is 10.8. The number of nitrogens with zero attached hydrogens (tertiary/aromatic N) is 5. The minimum absolute atomic E-state index is 0.0252. The van der Waals surface area contributed by atoms with Gasteiger partial charge in [0.25, 0.3) is 0 Å². The van der Waals surface area contributed by atoms with Gasteiger partial charge in [-0.25, -0.2) is 101 Å². The number of sulfone groups is 12. The van der Waals surface area contributed by atoms with E-state index in [0.29, 0.717) is 45.2 Å². The summed E-state index contributed by atoms with van der Waals surface area (Å²) in [4.78, 5) is 10.8. The third-order valence-corrected chi connectivity index (χ3v) is 57.2. The van der Waals surface area contributed by atoms with E-state index in [-0.39, 0.29) is 108 Å². The van der Waals surface area contributed by atoms with Crippen LogP contribution >= 0.6 is 68.8 Å². The van der Waals surface area contributed by atoms with E-state index in [0.717, 1.165) is 172 Å². The molecule has 0 spiro atoms. The summed E-state index contributed by atoms with van der Waals surface area (Å²) in [5.41, 5.74) is 0. The standard InChI is InChI=1S/C16H23ClO4S2.C15H20ClNO4S2.C15H23NO4S3.C14H18ClNO4S2.C14H21NO4S3.C13H19NO4S3/c1-12(2)4-3-5-13-10-22(18,19)11-16(13)23(20,21)15-8-6-14(17)7-9-15;16-12-4-6-13(7-5-12)23(20,21)15-11-22(18,19)10-14(15)17-8-2-1-3-9-17;1-11-6-12(2)8-16(7-11)13-9-22(17,18)10-14(13)23(19,20)15-4-3-5-21-15;15-11-3-5-12(6-4-11)22(19,20)14-10-21(17,18)9-13(14)16-7-1-2-8-16;1-11-4-6-15(7-5-11)12-9-21(16,17)10-13(12)22(18,19)14-3-2-8-20-14;15-20(16)9-11(14-6-2-1-3-7-14)12(10-20)21(17,18)13-5-4-8-19-13/h6-9,12-13,16H,3-5,10-11H2,1-2H3;4-7,14-15H,1-3,8-11H2;3-5,11-14H,6-10H2,1-2H3;3-6,13-14H,1-2,7-10H2;2-3,8,11-13H,4-7,9-10H2,1H3;4-5,8,11-12H,1-3,6-7,9-10H2/t13-,16-;14-,15-;11-,12+,13-,14-;13-,14-;12-,13-;11-,12-/m000000/s1. The van der Waals surface area contributed by atoms with Gasteiger partial charge >= 0.3 is 0 Å². The molecule has 6 aromatic rings. The summed E-state index contributed by atoms with van der Waals surface area (Å²) in [5.74, 6) is -0.0873. The molecule has 0 bridgehead atoms. The van der Waals surface area contributed by atoms with Gasteiger partial charge in [0.1, 0.15) is 12.6 Å². The molecule has 29 nitrogen and oxygen atoms in total. The van der Waals surface area contributed by atoms with Crippen molar-refractivity contribution in [2.75, 3.05) is 134 Å². The zero-order valence-electron chi connectivity index (χ0n) is 75.6. The Morgan fingerprint density at radius 2 is 0.567 bits per heavy atom. The van der Waals surface area contributed by atoms with Crippen LogP contribution in [0.3, 0.4) is 0 Å². The molecule has 11 fully saturated rings. The van der Waals surface area contributed by atoms with Gasteiger partial charge in [0.05, 0.1) is 115 Å². The highest BCUT2D eigenvalue weighted by Gasteiger charge is 2.55. The van der Waals surface area contributed by atoms with Gasteiger partial charge in [0, 0.05) is 58.4 Å². The van der Waals surface area contributed by atoms with Crippen molar-refractivity contribution < 1.29 is 101 Å². The number of likely N-dealkylation sites (tertiary alicyclic amines) is 5. The summed E-state index contributed by atoms with van der Waals surface area (Å²) in [5, 5.41) is 1.38. The Kier molecular flexibility index (Phi) is 36.8. The van der Waals surface area contributed by atoms with Crippen molar-refractivity contribution in [2.45, 2.75) is 214 Å². The minimum Gasteiger partial charge on any atom is -0.298 e. The van der Waals surface area contributed by atoms with Crippen LogP contribution in [0.15, 0.2) is 153 Å². The molecule has 0 radical (unpaired) electrons. The van der Waals surface area contributed by atoms with Gasteiger partial charge in [-0.05, 0) is 253 Å². The molecule has 3 aromatic carbocycles. The van der Waals surface area contributed by atoms with Gasteiger partial charge in [0.15, 0.2) is 118 Å². The molecule has 14 atom stereocenters. The molecule has 11 aliphatic heterocycles. The second kappa shape index (κ2) is 45.0. The predicted molar refractivity (Wildman–Crippen MR) is 532 cm³/mol.